The molecule has 2 aromatic rings. The van der Waals surface area contributed by atoms with Crippen LogP contribution in [0.1, 0.15) is 42.1 Å². The smallest absolute Gasteiger partial charge is 0.223 e. The summed E-state index contributed by atoms with van der Waals surface area (Å²) in [5.41, 5.74) is 2.41. The minimum absolute atomic E-state index is 0. The lowest BCUT2D eigenvalue weighted by Crippen LogP contribution is -2.40. The first-order valence-corrected chi connectivity index (χ1v) is 10.3. The van der Waals surface area contributed by atoms with Gasteiger partial charge in [-0.1, -0.05) is 16.8 Å². The summed E-state index contributed by atoms with van der Waals surface area (Å²) in [7, 11) is 1.76. The molecule has 1 atom stereocenters. The highest BCUT2D eigenvalue weighted by Gasteiger charge is 2.52. The molecule has 1 amide bonds. The number of nitrogens with zero attached hydrogens (tertiary/aromatic N) is 4. The Hall–Kier alpha value is -1.90. The fourth-order valence-electron chi connectivity index (χ4n) is 4.54. The van der Waals surface area contributed by atoms with Crippen molar-refractivity contribution in [1.29, 1.82) is 0 Å². The largest absolute Gasteiger partial charge is 0.484 e. The Morgan fingerprint density at radius 2 is 2.23 bits per heavy atom. The van der Waals surface area contributed by atoms with Crippen LogP contribution in [0.5, 0.6) is 5.75 Å². The summed E-state index contributed by atoms with van der Waals surface area (Å²) in [6.07, 6.45) is 5.29. The predicted octanol–water partition coefficient (Wildman–Crippen LogP) is 2.81. The molecule has 1 spiro atoms. The number of ether oxygens (including phenoxy) is 1. The number of aryl methyl sites for hydroxylation is 1. The number of halogens is 3. The molecule has 2 fully saturated rings. The molecule has 1 saturated heterocycles. The third kappa shape index (κ3) is 3.88. The summed E-state index contributed by atoms with van der Waals surface area (Å²) in [6, 6.07) is 1.09. The minimum Gasteiger partial charge on any atom is -0.484 e. The first kappa shape index (κ1) is 21.3. The lowest BCUT2D eigenvalue weighted by molar-refractivity contribution is -0.128. The maximum absolute atomic E-state index is 14.9. The first-order chi connectivity index (χ1) is 13.9. The minimum atomic E-state index is -0.502. The number of amides is 1. The van der Waals surface area contributed by atoms with Crippen molar-refractivity contribution in [1.82, 2.24) is 25.2 Å². The first-order valence-electron chi connectivity index (χ1n) is 9.94. The highest BCUT2D eigenvalue weighted by molar-refractivity contribution is 6.31. The fraction of sp³-hybridized carbons (Fsp3) is 0.550. The van der Waals surface area contributed by atoms with Gasteiger partial charge in [0.2, 0.25) is 5.91 Å². The maximum atomic E-state index is 14.9. The van der Waals surface area contributed by atoms with Gasteiger partial charge in [-0.25, -0.2) is 4.39 Å². The SMILES string of the molecule is Cl.Cn1cc(COc2c(F)cc(Cl)c3c2C(CN2CC4(CC4)CC2=O)NCC3)nn1. The van der Waals surface area contributed by atoms with Crippen LogP contribution in [0.3, 0.4) is 0 Å². The van der Waals surface area contributed by atoms with Gasteiger partial charge >= 0.3 is 0 Å². The summed E-state index contributed by atoms with van der Waals surface area (Å²) < 4.78 is 22.3. The molecule has 5 rings (SSSR count). The van der Waals surface area contributed by atoms with E-state index in [1.54, 1.807) is 17.9 Å². The van der Waals surface area contributed by atoms with Crippen LogP contribution in [0.2, 0.25) is 5.02 Å². The third-order valence-corrected chi connectivity index (χ3v) is 6.56. The van der Waals surface area contributed by atoms with Gasteiger partial charge in [0.05, 0.1) is 12.2 Å². The van der Waals surface area contributed by atoms with Gasteiger partial charge in [-0.15, -0.1) is 17.5 Å². The molecule has 1 N–H and O–H groups in total. The lowest BCUT2D eigenvalue weighted by Gasteiger charge is -2.32. The lowest BCUT2D eigenvalue weighted by atomic mass is 9.92. The molecule has 0 radical (unpaired) electrons. The zero-order chi connectivity index (χ0) is 20.2. The molecular formula is C20H24Cl2FN5O2. The highest BCUT2D eigenvalue weighted by atomic mass is 35.5. The Morgan fingerprint density at radius 3 is 2.90 bits per heavy atom. The van der Waals surface area contributed by atoms with Crippen molar-refractivity contribution in [3.05, 3.63) is 39.9 Å². The Morgan fingerprint density at radius 1 is 1.43 bits per heavy atom. The van der Waals surface area contributed by atoms with Crippen molar-refractivity contribution < 1.29 is 13.9 Å². The molecule has 1 aromatic carbocycles. The van der Waals surface area contributed by atoms with Crippen LogP contribution in [0.15, 0.2) is 12.3 Å². The molecule has 7 nitrogen and oxygen atoms in total. The quantitative estimate of drug-likeness (QED) is 0.750. The average Bonchev–Trinajstić information content (AvgIpc) is 3.18. The number of benzene rings is 1. The van der Waals surface area contributed by atoms with E-state index >= 15 is 0 Å². The highest BCUT2D eigenvalue weighted by Crippen LogP contribution is 2.53. The van der Waals surface area contributed by atoms with Gasteiger partial charge in [-0.3, -0.25) is 9.48 Å². The van der Waals surface area contributed by atoms with E-state index in [0.717, 1.165) is 37.1 Å². The van der Waals surface area contributed by atoms with E-state index in [2.05, 4.69) is 15.6 Å². The monoisotopic (exact) mass is 455 g/mol. The van der Waals surface area contributed by atoms with Crippen LogP contribution < -0.4 is 10.1 Å². The second-order valence-corrected chi connectivity index (χ2v) is 8.85. The van der Waals surface area contributed by atoms with E-state index < -0.39 is 5.82 Å². The number of carbonyl (C=O) groups excluding carboxylic acids is 1. The number of aromatic nitrogens is 3. The van der Waals surface area contributed by atoms with Crippen LogP contribution in [0.25, 0.3) is 0 Å². The van der Waals surface area contributed by atoms with Gasteiger partial charge < -0.3 is 15.0 Å². The van der Waals surface area contributed by atoms with E-state index in [-0.39, 0.29) is 42.1 Å². The molecule has 1 saturated carbocycles. The molecule has 1 aromatic heterocycles. The Labute approximate surface area is 185 Å². The van der Waals surface area contributed by atoms with Crippen molar-refractivity contribution in [2.24, 2.45) is 12.5 Å². The topological polar surface area (TPSA) is 72.3 Å². The van der Waals surface area contributed by atoms with Crippen molar-refractivity contribution in [3.8, 4) is 5.75 Å². The fourth-order valence-corrected chi connectivity index (χ4v) is 4.84. The molecule has 2 aliphatic heterocycles. The number of nitrogens with one attached hydrogen (secondary N) is 1. The van der Waals surface area contributed by atoms with Gasteiger partial charge in [0.1, 0.15) is 12.3 Å². The van der Waals surface area contributed by atoms with E-state index in [9.17, 15) is 9.18 Å². The average molecular weight is 456 g/mol. The van der Waals surface area contributed by atoms with Crippen LogP contribution in [0.4, 0.5) is 4.39 Å². The van der Waals surface area contributed by atoms with Crippen molar-refractivity contribution in [2.75, 3.05) is 19.6 Å². The molecule has 30 heavy (non-hydrogen) atoms. The molecular weight excluding hydrogens is 432 g/mol. The van der Waals surface area contributed by atoms with Crippen LogP contribution >= 0.6 is 24.0 Å². The summed E-state index contributed by atoms with van der Waals surface area (Å²) in [5.74, 6) is -0.140. The zero-order valence-electron chi connectivity index (χ0n) is 16.7. The van der Waals surface area contributed by atoms with Crippen molar-refractivity contribution in [3.63, 3.8) is 0 Å². The number of hydrogen-bond acceptors (Lipinski definition) is 5. The van der Waals surface area contributed by atoms with Crippen LogP contribution in [0, 0.1) is 11.2 Å². The van der Waals surface area contributed by atoms with E-state index in [4.69, 9.17) is 16.3 Å². The molecule has 162 valence electrons. The normalized spacial score (nSPS) is 21.5. The van der Waals surface area contributed by atoms with Crippen LogP contribution in [-0.2, 0) is 24.9 Å². The van der Waals surface area contributed by atoms with E-state index in [0.29, 0.717) is 30.1 Å². The molecule has 3 heterocycles. The third-order valence-electron chi connectivity index (χ3n) is 6.22. The summed E-state index contributed by atoms with van der Waals surface area (Å²) in [5, 5.41) is 11.7. The number of carbonyl (C=O) groups is 1. The number of rotatable bonds is 5. The summed E-state index contributed by atoms with van der Waals surface area (Å²) in [4.78, 5) is 14.4. The number of fused-ring (bicyclic) bond motifs is 1. The Balaban J connectivity index is 0.00000218. The summed E-state index contributed by atoms with van der Waals surface area (Å²) >= 11 is 6.38. The van der Waals surface area contributed by atoms with E-state index in [1.807, 2.05) is 4.90 Å². The second kappa shape index (κ2) is 7.98. The van der Waals surface area contributed by atoms with Gasteiger partial charge in [0, 0.05) is 37.1 Å². The summed E-state index contributed by atoms with van der Waals surface area (Å²) in [6.45, 7) is 2.12. The second-order valence-electron chi connectivity index (χ2n) is 8.44. The number of hydrogen-bond donors (Lipinski definition) is 1. The Kier molecular flexibility index (Phi) is 5.67. The standard InChI is InChI=1S/C20H23ClFN5O2.ClH/c1-26-8-12(24-25-26)10-29-19-15(22)6-14(21)13-2-5-23-16(18(13)19)9-27-11-20(3-4-20)7-17(27)28;/h6,8,16,23H,2-5,7,9-11H2,1H3;1H. The zero-order valence-corrected chi connectivity index (χ0v) is 18.2. The Bertz CT molecular complexity index is 978. The van der Waals surface area contributed by atoms with E-state index in [1.165, 1.54) is 6.07 Å². The molecule has 1 aliphatic carbocycles. The maximum Gasteiger partial charge on any atom is 0.223 e. The van der Waals surface area contributed by atoms with Gasteiger partial charge in [-0.05, 0) is 42.9 Å². The van der Waals surface area contributed by atoms with Gasteiger partial charge in [0.15, 0.2) is 11.6 Å². The van der Waals surface area contributed by atoms with Crippen molar-refractivity contribution >= 4 is 29.9 Å². The molecule has 3 aliphatic rings. The van der Waals surface area contributed by atoms with Gasteiger partial charge in [-0.2, -0.15) is 0 Å². The molecule has 1 unspecified atom stereocenters. The van der Waals surface area contributed by atoms with Crippen molar-refractivity contribution in [2.45, 2.75) is 38.3 Å². The van der Waals surface area contributed by atoms with Crippen LogP contribution in [-0.4, -0.2) is 45.4 Å². The number of likely N-dealkylation sites (tertiary alicyclic amines) is 1. The predicted molar refractivity (Wildman–Crippen MR) is 111 cm³/mol. The molecule has 10 heteroatoms. The van der Waals surface area contributed by atoms with Gasteiger partial charge in [0.25, 0.3) is 0 Å². The molecule has 0 bridgehead atoms.